The molecule has 0 aliphatic carbocycles. The van der Waals surface area contributed by atoms with E-state index in [-0.39, 0.29) is 0 Å². The van der Waals surface area contributed by atoms with Crippen molar-refractivity contribution in [1.29, 1.82) is 0 Å². The first-order chi connectivity index (χ1) is 10.1. The summed E-state index contributed by atoms with van der Waals surface area (Å²) in [7, 11) is 1.63. The zero-order chi connectivity index (χ0) is 15.0. The van der Waals surface area contributed by atoms with Gasteiger partial charge in [0, 0.05) is 28.4 Å². The van der Waals surface area contributed by atoms with E-state index >= 15 is 0 Å². The van der Waals surface area contributed by atoms with Crippen LogP contribution in [0, 0.1) is 6.92 Å². The van der Waals surface area contributed by atoms with Gasteiger partial charge in [0.25, 0.3) is 0 Å². The highest BCUT2D eigenvalue weighted by Crippen LogP contribution is 2.33. The average molecular weight is 280 g/mol. The van der Waals surface area contributed by atoms with Gasteiger partial charge in [0.15, 0.2) is 0 Å². The number of ether oxygens (including phenoxy) is 1. The molecule has 0 fully saturated rings. The number of aromatic nitrogens is 2. The van der Waals surface area contributed by atoms with E-state index in [0.717, 1.165) is 33.5 Å². The van der Waals surface area contributed by atoms with E-state index in [1.54, 1.807) is 13.2 Å². The van der Waals surface area contributed by atoms with Gasteiger partial charge in [0.2, 0.25) is 0 Å². The maximum absolute atomic E-state index is 6.01. The number of hydrogen-bond acceptors (Lipinski definition) is 5. The smallest absolute Gasteiger partial charge is 0.121 e. The lowest BCUT2D eigenvalue weighted by Crippen LogP contribution is -1.98. The second-order valence-electron chi connectivity index (χ2n) is 4.89. The molecule has 3 rings (SSSR count). The van der Waals surface area contributed by atoms with Crippen LogP contribution in [0.5, 0.6) is 5.75 Å². The van der Waals surface area contributed by atoms with Gasteiger partial charge in [-0.3, -0.25) is 0 Å². The maximum Gasteiger partial charge on any atom is 0.121 e. The Balaban J connectivity index is 2.31. The number of nitrogens with two attached hydrogens (primary N) is 2. The van der Waals surface area contributed by atoms with Crippen LogP contribution in [-0.2, 0) is 0 Å². The molecule has 0 spiro atoms. The second kappa shape index (κ2) is 4.94. The molecule has 3 aromatic rings. The number of benzene rings is 2. The number of nitrogen functional groups attached to an aromatic ring is 2. The Kier molecular flexibility index (Phi) is 3.10. The summed E-state index contributed by atoms with van der Waals surface area (Å²) in [4.78, 5) is 8.71. The third kappa shape index (κ3) is 2.23. The molecular weight excluding hydrogens is 264 g/mol. The maximum atomic E-state index is 6.01. The highest BCUT2D eigenvalue weighted by molar-refractivity contribution is 5.95. The van der Waals surface area contributed by atoms with Crippen molar-refractivity contribution in [2.24, 2.45) is 0 Å². The monoisotopic (exact) mass is 280 g/mol. The van der Waals surface area contributed by atoms with E-state index in [4.69, 9.17) is 16.2 Å². The zero-order valence-corrected chi connectivity index (χ0v) is 11.9. The van der Waals surface area contributed by atoms with Crippen molar-refractivity contribution in [1.82, 2.24) is 9.97 Å². The highest BCUT2D eigenvalue weighted by Gasteiger charge is 2.12. The molecule has 1 heterocycles. The van der Waals surface area contributed by atoms with Gasteiger partial charge >= 0.3 is 0 Å². The number of methoxy groups -OCH3 is 1. The fourth-order valence-electron chi connectivity index (χ4n) is 2.38. The average Bonchev–Trinajstić information content (AvgIpc) is 2.49. The first kappa shape index (κ1) is 13.2. The largest absolute Gasteiger partial charge is 0.497 e. The lowest BCUT2D eigenvalue weighted by atomic mass is 9.99. The van der Waals surface area contributed by atoms with Gasteiger partial charge in [-0.25, -0.2) is 9.97 Å². The van der Waals surface area contributed by atoms with Crippen molar-refractivity contribution in [3.63, 3.8) is 0 Å². The topological polar surface area (TPSA) is 87.0 Å². The Morgan fingerprint density at radius 2 is 1.86 bits per heavy atom. The molecule has 0 aliphatic heterocycles. The van der Waals surface area contributed by atoms with Crippen molar-refractivity contribution in [2.45, 2.75) is 6.92 Å². The van der Waals surface area contributed by atoms with Crippen molar-refractivity contribution >= 4 is 22.3 Å². The Morgan fingerprint density at radius 1 is 1.05 bits per heavy atom. The van der Waals surface area contributed by atoms with Gasteiger partial charge < -0.3 is 16.2 Å². The quantitative estimate of drug-likeness (QED) is 0.705. The fraction of sp³-hybridized carbons (Fsp3) is 0.125. The summed E-state index contributed by atoms with van der Waals surface area (Å²) in [6, 6.07) is 9.36. The van der Waals surface area contributed by atoms with Crippen molar-refractivity contribution in [3.8, 4) is 17.0 Å². The molecule has 5 heteroatoms. The third-order valence-corrected chi connectivity index (χ3v) is 3.57. The van der Waals surface area contributed by atoms with Crippen LogP contribution in [0.1, 0.15) is 5.56 Å². The molecule has 0 saturated heterocycles. The molecule has 0 amide bonds. The number of fused-ring (bicyclic) bond motifs is 1. The number of hydrogen-bond donors (Lipinski definition) is 2. The van der Waals surface area contributed by atoms with E-state index in [9.17, 15) is 0 Å². The van der Waals surface area contributed by atoms with E-state index < -0.39 is 0 Å². The summed E-state index contributed by atoms with van der Waals surface area (Å²) in [5.41, 5.74) is 16.7. The predicted molar refractivity (Wildman–Crippen MR) is 85.1 cm³/mol. The van der Waals surface area contributed by atoms with Gasteiger partial charge in [0.05, 0.1) is 18.3 Å². The number of nitrogens with zero attached hydrogens (tertiary/aromatic N) is 2. The van der Waals surface area contributed by atoms with Crippen LogP contribution in [0.2, 0.25) is 0 Å². The second-order valence-corrected chi connectivity index (χ2v) is 4.89. The van der Waals surface area contributed by atoms with Crippen LogP contribution >= 0.6 is 0 Å². The molecule has 0 atom stereocenters. The summed E-state index contributed by atoms with van der Waals surface area (Å²) < 4.78 is 5.23. The summed E-state index contributed by atoms with van der Waals surface area (Å²) >= 11 is 0. The summed E-state index contributed by atoms with van der Waals surface area (Å²) in [6.45, 7) is 1.96. The standard InChI is InChI=1S/C16H16N4O/c1-9-13(5-10(17)6-14(9)18)16-12-4-3-11(21-2)7-15(12)19-8-20-16/h3-8H,17-18H2,1-2H3. The lowest BCUT2D eigenvalue weighted by Gasteiger charge is -2.12. The van der Waals surface area contributed by atoms with Crippen LogP contribution in [-0.4, -0.2) is 17.1 Å². The summed E-state index contributed by atoms with van der Waals surface area (Å²) in [5, 5.41) is 0.936. The predicted octanol–water partition coefficient (Wildman–Crippen LogP) is 2.78. The van der Waals surface area contributed by atoms with E-state index in [0.29, 0.717) is 11.4 Å². The van der Waals surface area contributed by atoms with Gasteiger partial charge in [-0.15, -0.1) is 0 Å². The van der Waals surface area contributed by atoms with Crippen LogP contribution in [0.3, 0.4) is 0 Å². The van der Waals surface area contributed by atoms with Crippen molar-refractivity contribution < 1.29 is 4.74 Å². The molecule has 1 aromatic heterocycles. The first-order valence-electron chi connectivity index (χ1n) is 6.55. The Hall–Kier alpha value is -2.82. The Morgan fingerprint density at radius 3 is 2.62 bits per heavy atom. The van der Waals surface area contributed by atoms with Gasteiger partial charge in [-0.1, -0.05) is 0 Å². The molecule has 21 heavy (non-hydrogen) atoms. The third-order valence-electron chi connectivity index (χ3n) is 3.57. The van der Waals surface area contributed by atoms with Gasteiger partial charge in [0.1, 0.15) is 12.1 Å². The minimum atomic E-state index is 0.619. The van der Waals surface area contributed by atoms with Crippen LogP contribution < -0.4 is 16.2 Å². The molecule has 2 aromatic carbocycles. The molecule has 0 bridgehead atoms. The molecule has 0 radical (unpaired) electrons. The molecule has 5 nitrogen and oxygen atoms in total. The Bertz CT molecular complexity index is 830. The van der Waals surface area contributed by atoms with Crippen molar-refractivity contribution in [2.75, 3.05) is 18.6 Å². The van der Waals surface area contributed by atoms with Gasteiger partial charge in [-0.05, 0) is 36.8 Å². The van der Waals surface area contributed by atoms with Gasteiger partial charge in [-0.2, -0.15) is 0 Å². The Labute approximate surface area is 122 Å². The SMILES string of the molecule is COc1ccc2c(-c3cc(N)cc(N)c3C)ncnc2c1. The number of anilines is 2. The molecule has 0 saturated carbocycles. The molecule has 106 valence electrons. The minimum Gasteiger partial charge on any atom is -0.497 e. The summed E-state index contributed by atoms with van der Waals surface area (Å²) in [6.07, 6.45) is 1.54. The molecule has 0 aliphatic rings. The van der Waals surface area contributed by atoms with E-state index in [1.807, 2.05) is 31.2 Å². The first-order valence-corrected chi connectivity index (χ1v) is 6.55. The van der Waals surface area contributed by atoms with E-state index in [2.05, 4.69) is 9.97 Å². The number of rotatable bonds is 2. The summed E-state index contributed by atoms with van der Waals surface area (Å²) in [5.74, 6) is 0.760. The molecule has 0 unspecified atom stereocenters. The lowest BCUT2D eigenvalue weighted by molar-refractivity contribution is 0.415. The highest BCUT2D eigenvalue weighted by atomic mass is 16.5. The molecule has 4 N–H and O–H groups in total. The fourth-order valence-corrected chi connectivity index (χ4v) is 2.38. The zero-order valence-electron chi connectivity index (χ0n) is 11.9. The van der Waals surface area contributed by atoms with Crippen LogP contribution in [0.4, 0.5) is 11.4 Å². The van der Waals surface area contributed by atoms with E-state index in [1.165, 1.54) is 6.33 Å². The van der Waals surface area contributed by atoms with Crippen molar-refractivity contribution in [3.05, 3.63) is 42.2 Å². The van der Waals surface area contributed by atoms with Crippen LogP contribution in [0.25, 0.3) is 22.2 Å². The van der Waals surface area contributed by atoms with Crippen LogP contribution in [0.15, 0.2) is 36.7 Å². The molecular formula is C16H16N4O. The minimum absolute atomic E-state index is 0.619. The normalized spacial score (nSPS) is 10.8.